The van der Waals surface area contributed by atoms with Crippen LogP contribution < -0.4 is 0 Å². The molecule has 0 aliphatic carbocycles. The van der Waals surface area contributed by atoms with Crippen LogP contribution in [0.2, 0.25) is 5.02 Å². The van der Waals surface area contributed by atoms with Gasteiger partial charge in [-0.3, -0.25) is 4.39 Å². The van der Waals surface area contributed by atoms with Crippen molar-refractivity contribution in [2.24, 2.45) is 0 Å². The van der Waals surface area contributed by atoms with Gasteiger partial charge in [0.1, 0.15) is 0 Å². The van der Waals surface area contributed by atoms with Crippen LogP contribution in [-0.4, -0.2) is 21.7 Å². The third kappa shape index (κ3) is 3.53. The zero-order chi connectivity index (χ0) is 12.1. The van der Waals surface area contributed by atoms with Gasteiger partial charge in [-0.05, 0) is 30.5 Å². The summed E-state index contributed by atoms with van der Waals surface area (Å²) in [4.78, 5) is 0. The molecule has 1 heterocycles. The predicted octanol–water partition coefficient (Wildman–Crippen LogP) is 2.88. The minimum Gasteiger partial charge on any atom is -0.251 e. The van der Waals surface area contributed by atoms with Crippen molar-refractivity contribution in [2.45, 2.75) is 19.4 Å². The lowest BCUT2D eigenvalue weighted by molar-refractivity contribution is 0.471. The number of alkyl halides is 1. The Morgan fingerprint density at radius 3 is 3.00 bits per heavy atom. The second-order valence-electron chi connectivity index (χ2n) is 3.83. The van der Waals surface area contributed by atoms with Gasteiger partial charge in [-0.25, -0.2) is 4.68 Å². The van der Waals surface area contributed by atoms with Crippen LogP contribution in [0.3, 0.4) is 0 Å². The Hall–Kier alpha value is -1.42. The van der Waals surface area contributed by atoms with E-state index in [-0.39, 0.29) is 6.67 Å². The van der Waals surface area contributed by atoms with Gasteiger partial charge in [0.15, 0.2) is 0 Å². The molecule has 0 bridgehead atoms. The number of rotatable bonds is 5. The van der Waals surface area contributed by atoms with Gasteiger partial charge in [-0.2, -0.15) is 0 Å². The van der Waals surface area contributed by atoms with Crippen LogP contribution in [0.5, 0.6) is 0 Å². The highest BCUT2D eigenvalue weighted by Crippen LogP contribution is 2.11. The Labute approximate surface area is 104 Å². The Kier molecular flexibility index (Phi) is 4.09. The topological polar surface area (TPSA) is 30.7 Å². The smallest absolute Gasteiger partial charge is 0.0898 e. The molecule has 0 aliphatic heterocycles. The van der Waals surface area contributed by atoms with Crippen molar-refractivity contribution >= 4 is 11.6 Å². The number of nitrogens with zero attached hydrogens (tertiary/aromatic N) is 3. The minimum absolute atomic E-state index is 0.318. The van der Waals surface area contributed by atoms with Gasteiger partial charge in [0.25, 0.3) is 0 Å². The SMILES string of the molecule is FCCCc1cn(Cc2cccc(Cl)c2)nn1. The minimum atomic E-state index is -0.318. The molecule has 90 valence electrons. The van der Waals surface area contributed by atoms with Crippen LogP contribution in [0.1, 0.15) is 17.7 Å². The quantitative estimate of drug-likeness (QED) is 0.820. The van der Waals surface area contributed by atoms with Crippen molar-refractivity contribution in [3.05, 3.63) is 46.7 Å². The summed E-state index contributed by atoms with van der Waals surface area (Å²) < 4.78 is 13.7. The molecule has 2 rings (SSSR count). The van der Waals surface area contributed by atoms with Gasteiger partial charge in [-0.1, -0.05) is 28.9 Å². The summed E-state index contributed by atoms with van der Waals surface area (Å²) in [5.74, 6) is 0. The predicted molar refractivity (Wildman–Crippen MR) is 64.9 cm³/mol. The first-order valence-electron chi connectivity index (χ1n) is 5.47. The molecule has 0 radical (unpaired) electrons. The van der Waals surface area contributed by atoms with Gasteiger partial charge < -0.3 is 0 Å². The summed E-state index contributed by atoms with van der Waals surface area (Å²) in [5, 5.41) is 8.69. The Balaban J connectivity index is 2.01. The van der Waals surface area contributed by atoms with Crippen LogP contribution in [0, 0.1) is 0 Å². The molecule has 0 N–H and O–H groups in total. The van der Waals surface area contributed by atoms with Crippen LogP contribution in [0.4, 0.5) is 4.39 Å². The zero-order valence-corrected chi connectivity index (χ0v) is 10.1. The number of benzene rings is 1. The van der Waals surface area contributed by atoms with Gasteiger partial charge in [0, 0.05) is 11.2 Å². The van der Waals surface area contributed by atoms with Crippen molar-refractivity contribution in [2.75, 3.05) is 6.67 Å². The highest BCUT2D eigenvalue weighted by molar-refractivity contribution is 6.30. The van der Waals surface area contributed by atoms with Crippen molar-refractivity contribution in [1.82, 2.24) is 15.0 Å². The second-order valence-corrected chi connectivity index (χ2v) is 4.27. The van der Waals surface area contributed by atoms with Crippen molar-refractivity contribution in [3.63, 3.8) is 0 Å². The lowest BCUT2D eigenvalue weighted by atomic mass is 10.2. The van der Waals surface area contributed by atoms with Gasteiger partial charge >= 0.3 is 0 Å². The van der Waals surface area contributed by atoms with Gasteiger partial charge in [0.2, 0.25) is 0 Å². The molecule has 0 saturated heterocycles. The fourth-order valence-electron chi connectivity index (χ4n) is 1.60. The first-order valence-corrected chi connectivity index (χ1v) is 5.85. The van der Waals surface area contributed by atoms with Crippen molar-refractivity contribution in [3.8, 4) is 0 Å². The largest absolute Gasteiger partial charge is 0.251 e. The molecule has 0 fully saturated rings. The van der Waals surface area contributed by atoms with E-state index in [0.717, 1.165) is 11.3 Å². The average molecular weight is 254 g/mol. The molecule has 0 atom stereocenters. The van der Waals surface area contributed by atoms with Crippen LogP contribution in [0.25, 0.3) is 0 Å². The van der Waals surface area contributed by atoms with Gasteiger partial charge in [-0.15, -0.1) is 5.10 Å². The number of hydrogen-bond acceptors (Lipinski definition) is 2. The zero-order valence-electron chi connectivity index (χ0n) is 9.31. The van der Waals surface area contributed by atoms with E-state index in [1.807, 2.05) is 30.5 Å². The summed E-state index contributed by atoms with van der Waals surface area (Å²) in [6, 6.07) is 7.61. The summed E-state index contributed by atoms with van der Waals surface area (Å²) in [6.07, 6.45) is 2.97. The number of aryl methyl sites for hydroxylation is 1. The highest BCUT2D eigenvalue weighted by atomic mass is 35.5. The van der Waals surface area contributed by atoms with E-state index in [1.54, 1.807) is 4.68 Å². The molecule has 0 unspecified atom stereocenters. The summed E-state index contributed by atoms with van der Waals surface area (Å²) >= 11 is 5.90. The Morgan fingerprint density at radius 2 is 2.24 bits per heavy atom. The molecule has 1 aromatic heterocycles. The molecular formula is C12H13ClFN3. The monoisotopic (exact) mass is 253 g/mol. The van der Waals surface area contributed by atoms with E-state index in [2.05, 4.69) is 10.3 Å². The van der Waals surface area contributed by atoms with Crippen LogP contribution in [-0.2, 0) is 13.0 Å². The summed E-state index contributed by atoms with van der Waals surface area (Å²) in [7, 11) is 0. The number of aromatic nitrogens is 3. The maximum absolute atomic E-state index is 12.0. The lowest BCUT2D eigenvalue weighted by Gasteiger charge is -2.00. The van der Waals surface area contributed by atoms with E-state index in [1.165, 1.54) is 0 Å². The maximum Gasteiger partial charge on any atom is 0.0898 e. The molecule has 0 saturated carbocycles. The third-order valence-corrected chi connectivity index (χ3v) is 2.62. The molecule has 17 heavy (non-hydrogen) atoms. The van der Waals surface area contributed by atoms with E-state index in [0.29, 0.717) is 24.4 Å². The van der Waals surface area contributed by atoms with Crippen molar-refractivity contribution < 1.29 is 4.39 Å². The summed E-state index contributed by atoms with van der Waals surface area (Å²) in [5.41, 5.74) is 1.89. The molecule has 2 aromatic rings. The maximum atomic E-state index is 12.0. The van der Waals surface area contributed by atoms with E-state index in [9.17, 15) is 4.39 Å². The second kappa shape index (κ2) is 5.77. The number of hydrogen-bond donors (Lipinski definition) is 0. The van der Waals surface area contributed by atoms with Gasteiger partial charge in [0.05, 0.1) is 18.9 Å². The van der Waals surface area contributed by atoms with E-state index >= 15 is 0 Å². The molecule has 5 heteroatoms. The standard InChI is InChI=1S/C12H13ClFN3/c13-11-4-1-3-10(7-11)8-17-9-12(15-16-17)5-2-6-14/h1,3-4,7,9H,2,5-6,8H2. The summed E-state index contributed by atoms with van der Waals surface area (Å²) in [6.45, 7) is 0.310. The highest BCUT2D eigenvalue weighted by Gasteiger charge is 2.02. The Morgan fingerprint density at radius 1 is 1.35 bits per heavy atom. The van der Waals surface area contributed by atoms with Crippen LogP contribution >= 0.6 is 11.6 Å². The molecule has 0 amide bonds. The first kappa shape index (κ1) is 12.0. The third-order valence-electron chi connectivity index (χ3n) is 2.39. The van der Waals surface area contributed by atoms with E-state index in [4.69, 9.17) is 11.6 Å². The molecule has 0 spiro atoms. The Bertz CT molecular complexity index is 484. The molecule has 3 nitrogen and oxygen atoms in total. The number of halogens is 2. The molecule has 1 aromatic carbocycles. The molecule has 0 aliphatic rings. The van der Waals surface area contributed by atoms with Crippen LogP contribution in [0.15, 0.2) is 30.5 Å². The fraction of sp³-hybridized carbons (Fsp3) is 0.333. The van der Waals surface area contributed by atoms with Crippen molar-refractivity contribution in [1.29, 1.82) is 0 Å². The average Bonchev–Trinajstić information content (AvgIpc) is 2.74. The molecular weight excluding hydrogens is 241 g/mol. The van der Waals surface area contributed by atoms with E-state index < -0.39 is 0 Å². The first-order chi connectivity index (χ1) is 8.28. The lowest BCUT2D eigenvalue weighted by Crippen LogP contribution is -2.00. The fourth-order valence-corrected chi connectivity index (χ4v) is 1.81. The normalized spacial score (nSPS) is 10.7.